The Balaban J connectivity index is 3.62. The zero-order valence-electron chi connectivity index (χ0n) is 10.4. The van der Waals surface area contributed by atoms with Gasteiger partial charge in [0.25, 0.3) is 0 Å². The minimum absolute atomic E-state index is 0.739. The van der Waals surface area contributed by atoms with Gasteiger partial charge >= 0.3 is 0 Å². The minimum Gasteiger partial charge on any atom is -0.306 e. The predicted molar refractivity (Wildman–Crippen MR) is 65.7 cm³/mol. The summed E-state index contributed by atoms with van der Waals surface area (Å²) in [5.74, 6) is 0. The molecule has 1 unspecified atom stereocenters. The fraction of sp³-hybridized carbons (Fsp3) is 0.846. The molecule has 1 heteroatoms. The van der Waals surface area contributed by atoms with E-state index < -0.39 is 0 Å². The van der Waals surface area contributed by atoms with Gasteiger partial charge in [-0.1, -0.05) is 44.8 Å². The fourth-order valence-electron chi connectivity index (χ4n) is 1.69. The van der Waals surface area contributed by atoms with Gasteiger partial charge in [-0.05, 0) is 33.9 Å². The molecule has 0 fully saturated rings. The van der Waals surface area contributed by atoms with E-state index in [1.807, 2.05) is 0 Å². The lowest BCUT2D eigenvalue weighted by Gasteiger charge is -2.22. The number of hydrogen-bond donors (Lipinski definition) is 0. The third kappa shape index (κ3) is 7.14. The summed E-state index contributed by atoms with van der Waals surface area (Å²) in [6.45, 7) is 4.37. The highest BCUT2D eigenvalue weighted by Crippen LogP contribution is 2.12. The first-order valence-electron chi connectivity index (χ1n) is 6.00. The van der Waals surface area contributed by atoms with Gasteiger partial charge in [0.15, 0.2) is 0 Å². The molecule has 84 valence electrons. The van der Waals surface area contributed by atoms with Crippen molar-refractivity contribution in [3.8, 4) is 0 Å². The first kappa shape index (κ1) is 13.7. The van der Waals surface area contributed by atoms with Gasteiger partial charge in [0.05, 0.1) is 0 Å². The molecule has 0 heterocycles. The van der Waals surface area contributed by atoms with Crippen LogP contribution in [0.5, 0.6) is 0 Å². The molecule has 0 spiro atoms. The van der Waals surface area contributed by atoms with Gasteiger partial charge in [-0.2, -0.15) is 0 Å². The van der Waals surface area contributed by atoms with Crippen molar-refractivity contribution < 1.29 is 0 Å². The Bertz CT molecular complexity index is 138. The molecule has 0 aliphatic heterocycles. The molecule has 0 aliphatic carbocycles. The Labute approximate surface area is 90.2 Å². The van der Waals surface area contributed by atoms with Crippen molar-refractivity contribution in [1.82, 2.24) is 4.90 Å². The Hall–Kier alpha value is -0.300. The normalized spacial score (nSPS) is 14.1. The van der Waals surface area contributed by atoms with Crippen molar-refractivity contribution in [2.45, 2.75) is 58.4 Å². The van der Waals surface area contributed by atoms with Crippen LogP contribution in [0, 0.1) is 0 Å². The van der Waals surface area contributed by atoms with Gasteiger partial charge in [-0.15, -0.1) is 0 Å². The van der Waals surface area contributed by atoms with E-state index in [1.165, 1.54) is 38.5 Å². The molecule has 14 heavy (non-hydrogen) atoms. The van der Waals surface area contributed by atoms with E-state index in [0.29, 0.717) is 0 Å². The van der Waals surface area contributed by atoms with E-state index in [0.717, 1.165) is 6.04 Å². The van der Waals surface area contributed by atoms with Crippen LogP contribution < -0.4 is 0 Å². The van der Waals surface area contributed by atoms with Gasteiger partial charge in [0, 0.05) is 6.04 Å². The van der Waals surface area contributed by atoms with Crippen LogP contribution in [0.2, 0.25) is 0 Å². The second kappa shape index (κ2) is 9.26. The van der Waals surface area contributed by atoms with Gasteiger partial charge in [-0.25, -0.2) is 0 Å². The molecule has 0 saturated heterocycles. The lowest BCUT2D eigenvalue weighted by Crippen LogP contribution is -2.27. The minimum atomic E-state index is 0.739. The molecule has 0 aromatic heterocycles. The number of nitrogens with zero attached hydrogens (tertiary/aromatic N) is 1. The smallest absolute Gasteiger partial charge is 0.0124 e. The van der Waals surface area contributed by atoms with Crippen LogP contribution in [0.25, 0.3) is 0 Å². The van der Waals surface area contributed by atoms with E-state index >= 15 is 0 Å². The molecular weight excluding hydrogens is 170 g/mol. The zero-order chi connectivity index (χ0) is 10.8. The molecule has 0 aromatic rings. The second-order valence-corrected chi connectivity index (χ2v) is 4.27. The Morgan fingerprint density at radius 2 is 1.86 bits per heavy atom. The maximum atomic E-state index is 2.35. The van der Waals surface area contributed by atoms with Crippen molar-refractivity contribution in [2.24, 2.45) is 0 Å². The maximum Gasteiger partial charge on any atom is 0.0124 e. The summed E-state index contributed by atoms with van der Waals surface area (Å²) in [5, 5.41) is 0. The average Bonchev–Trinajstić information content (AvgIpc) is 2.16. The fourth-order valence-corrected chi connectivity index (χ4v) is 1.69. The van der Waals surface area contributed by atoms with Gasteiger partial charge in [0.1, 0.15) is 0 Å². The number of unbranched alkanes of at least 4 members (excludes halogenated alkanes) is 3. The molecule has 0 bridgehead atoms. The maximum absolute atomic E-state index is 2.35. The molecule has 0 N–H and O–H groups in total. The molecular formula is C13H27N. The molecule has 0 aliphatic rings. The average molecular weight is 197 g/mol. The van der Waals surface area contributed by atoms with Gasteiger partial charge < -0.3 is 4.90 Å². The first-order chi connectivity index (χ1) is 6.72. The van der Waals surface area contributed by atoms with Crippen molar-refractivity contribution >= 4 is 0 Å². The van der Waals surface area contributed by atoms with E-state index in [1.54, 1.807) is 0 Å². The van der Waals surface area contributed by atoms with E-state index in [-0.39, 0.29) is 0 Å². The summed E-state index contributed by atoms with van der Waals surface area (Å²) in [7, 11) is 4.38. The van der Waals surface area contributed by atoms with Crippen molar-refractivity contribution in [3.63, 3.8) is 0 Å². The summed E-state index contributed by atoms with van der Waals surface area (Å²) >= 11 is 0. The highest BCUT2D eigenvalue weighted by Gasteiger charge is 2.08. The predicted octanol–water partition coefficient (Wildman–Crippen LogP) is 3.85. The van der Waals surface area contributed by atoms with Crippen LogP contribution >= 0.6 is 0 Å². The Kier molecular flexibility index (Phi) is 9.06. The zero-order valence-corrected chi connectivity index (χ0v) is 10.4. The van der Waals surface area contributed by atoms with Crippen LogP contribution in [0.1, 0.15) is 52.4 Å². The molecule has 0 saturated carbocycles. The molecule has 0 rings (SSSR count). The highest BCUT2D eigenvalue weighted by atomic mass is 15.1. The number of hydrogen-bond acceptors (Lipinski definition) is 1. The van der Waals surface area contributed by atoms with Gasteiger partial charge in [-0.3, -0.25) is 0 Å². The van der Waals surface area contributed by atoms with E-state index in [2.05, 4.69) is 45.0 Å². The van der Waals surface area contributed by atoms with Crippen LogP contribution in [0.15, 0.2) is 12.2 Å². The van der Waals surface area contributed by atoms with Crippen LogP contribution in [-0.2, 0) is 0 Å². The Morgan fingerprint density at radius 1 is 1.14 bits per heavy atom. The highest BCUT2D eigenvalue weighted by molar-refractivity contribution is 4.83. The van der Waals surface area contributed by atoms with E-state index in [9.17, 15) is 0 Å². The second-order valence-electron chi connectivity index (χ2n) is 4.27. The first-order valence-corrected chi connectivity index (χ1v) is 6.00. The summed E-state index contributed by atoms with van der Waals surface area (Å²) in [6.07, 6.45) is 12.5. The summed E-state index contributed by atoms with van der Waals surface area (Å²) < 4.78 is 0. The molecule has 0 aromatic carbocycles. The quantitative estimate of drug-likeness (QED) is 0.422. The van der Waals surface area contributed by atoms with Crippen molar-refractivity contribution in [3.05, 3.63) is 12.2 Å². The summed E-state index contributed by atoms with van der Waals surface area (Å²) in [6, 6.07) is 0.739. The summed E-state index contributed by atoms with van der Waals surface area (Å²) in [4.78, 5) is 2.35. The molecule has 0 radical (unpaired) electrons. The lowest BCUT2D eigenvalue weighted by atomic mass is 10.0. The Morgan fingerprint density at radius 3 is 2.36 bits per heavy atom. The van der Waals surface area contributed by atoms with Crippen LogP contribution in [0.4, 0.5) is 0 Å². The largest absolute Gasteiger partial charge is 0.306 e. The standard InChI is InChI=1S/C13H27N/c1-5-7-9-10-12-13(14(3)4)11-8-6-2/h6,8,13H,5,7,9-12H2,1-4H3/b8-6+. The van der Waals surface area contributed by atoms with Crippen LogP contribution in [0.3, 0.4) is 0 Å². The monoisotopic (exact) mass is 197 g/mol. The summed E-state index contributed by atoms with van der Waals surface area (Å²) in [5.41, 5.74) is 0. The van der Waals surface area contributed by atoms with Crippen molar-refractivity contribution in [2.75, 3.05) is 14.1 Å². The van der Waals surface area contributed by atoms with Gasteiger partial charge in [0.2, 0.25) is 0 Å². The third-order valence-electron chi connectivity index (χ3n) is 2.77. The third-order valence-corrected chi connectivity index (χ3v) is 2.77. The SMILES string of the molecule is C/C=C/CC(CCCCCC)N(C)C. The van der Waals surface area contributed by atoms with Crippen molar-refractivity contribution in [1.29, 1.82) is 0 Å². The molecule has 1 atom stereocenters. The van der Waals surface area contributed by atoms with Crippen LogP contribution in [-0.4, -0.2) is 25.0 Å². The number of allylic oxidation sites excluding steroid dienone is 1. The van der Waals surface area contributed by atoms with E-state index in [4.69, 9.17) is 0 Å². The lowest BCUT2D eigenvalue weighted by molar-refractivity contribution is 0.273. The number of rotatable bonds is 8. The topological polar surface area (TPSA) is 3.24 Å². The molecule has 0 amide bonds. The molecule has 1 nitrogen and oxygen atoms in total.